The minimum absolute atomic E-state index is 0.0292. The Labute approximate surface area is 109 Å². The molecule has 1 aromatic carbocycles. The highest BCUT2D eigenvalue weighted by atomic mass is 19.1. The molecule has 1 aromatic heterocycles. The minimum atomic E-state index is -0.853. The van der Waals surface area contributed by atoms with Crippen molar-refractivity contribution < 1.29 is 14.3 Å². The van der Waals surface area contributed by atoms with Crippen LogP contribution < -0.4 is 0 Å². The number of rotatable bonds is 2. The van der Waals surface area contributed by atoms with E-state index in [9.17, 15) is 9.18 Å². The van der Waals surface area contributed by atoms with Gasteiger partial charge in [0.25, 0.3) is 0 Å². The van der Waals surface area contributed by atoms with E-state index in [1.54, 1.807) is 6.07 Å². The summed E-state index contributed by atoms with van der Waals surface area (Å²) in [6.07, 6.45) is 3.47. The number of fused-ring (bicyclic) bond motifs is 1. The van der Waals surface area contributed by atoms with Gasteiger partial charge in [0.15, 0.2) is 0 Å². The maximum atomic E-state index is 13.1. The van der Waals surface area contributed by atoms with Gasteiger partial charge in [0.05, 0.1) is 0 Å². The van der Waals surface area contributed by atoms with Gasteiger partial charge in [-0.05, 0) is 43.0 Å². The van der Waals surface area contributed by atoms with E-state index in [-0.39, 0.29) is 11.9 Å². The Morgan fingerprint density at radius 3 is 3.16 bits per heavy atom. The number of H-pyrrole nitrogens is 1. The van der Waals surface area contributed by atoms with Crippen LogP contribution in [0.3, 0.4) is 0 Å². The molecule has 2 N–H and O–H groups in total. The third-order valence-corrected chi connectivity index (χ3v) is 3.81. The predicted octanol–water partition coefficient (Wildman–Crippen LogP) is 2.99. The van der Waals surface area contributed by atoms with Crippen LogP contribution in [0.1, 0.15) is 18.4 Å². The first-order valence-electron chi connectivity index (χ1n) is 6.40. The molecule has 1 fully saturated rings. The van der Waals surface area contributed by atoms with Crippen LogP contribution in [0.5, 0.6) is 0 Å². The summed E-state index contributed by atoms with van der Waals surface area (Å²) in [6, 6.07) is 4.67. The summed E-state index contributed by atoms with van der Waals surface area (Å²) in [5.74, 6) is -0.270. The van der Waals surface area contributed by atoms with Crippen molar-refractivity contribution in [3.8, 4) is 0 Å². The fraction of sp³-hybridized carbons (Fsp3) is 0.357. The predicted molar refractivity (Wildman–Crippen MR) is 69.7 cm³/mol. The van der Waals surface area contributed by atoms with Gasteiger partial charge in [-0.15, -0.1) is 0 Å². The fourth-order valence-electron chi connectivity index (χ4n) is 2.88. The van der Waals surface area contributed by atoms with Crippen LogP contribution in [0.25, 0.3) is 10.9 Å². The van der Waals surface area contributed by atoms with Crippen molar-refractivity contribution in [3.05, 3.63) is 35.8 Å². The van der Waals surface area contributed by atoms with Gasteiger partial charge in [-0.25, -0.2) is 9.18 Å². The highest BCUT2D eigenvalue weighted by molar-refractivity contribution is 5.83. The number of amides is 1. The number of nitrogens with one attached hydrogen (secondary N) is 1. The Morgan fingerprint density at radius 2 is 2.37 bits per heavy atom. The number of hydrogen-bond donors (Lipinski definition) is 2. The van der Waals surface area contributed by atoms with Gasteiger partial charge in [0.2, 0.25) is 0 Å². The zero-order valence-corrected chi connectivity index (χ0v) is 10.4. The second-order valence-electron chi connectivity index (χ2n) is 4.98. The third-order valence-electron chi connectivity index (χ3n) is 3.81. The van der Waals surface area contributed by atoms with Crippen molar-refractivity contribution in [2.45, 2.75) is 25.3 Å². The molecular weight excluding hydrogens is 247 g/mol. The zero-order chi connectivity index (χ0) is 13.4. The molecular formula is C14H15FN2O2. The number of aromatic amines is 1. The normalized spacial score (nSPS) is 19.2. The lowest BCUT2D eigenvalue weighted by molar-refractivity contribution is 0.140. The van der Waals surface area contributed by atoms with Gasteiger partial charge in [-0.3, -0.25) is 0 Å². The third kappa shape index (κ3) is 2.16. The van der Waals surface area contributed by atoms with E-state index in [2.05, 4.69) is 4.98 Å². The van der Waals surface area contributed by atoms with Crippen LogP contribution in [0.4, 0.5) is 9.18 Å². The molecule has 0 aliphatic carbocycles. The molecule has 0 bridgehead atoms. The Balaban J connectivity index is 1.87. The van der Waals surface area contributed by atoms with Crippen LogP contribution in [0, 0.1) is 5.82 Å². The monoisotopic (exact) mass is 262 g/mol. The van der Waals surface area contributed by atoms with E-state index in [1.807, 2.05) is 6.20 Å². The Bertz CT molecular complexity index is 623. The molecule has 2 heterocycles. The zero-order valence-electron chi connectivity index (χ0n) is 10.4. The average Bonchev–Trinajstić information content (AvgIpc) is 2.97. The summed E-state index contributed by atoms with van der Waals surface area (Å²) < 4.78 is 13.1. The van der Waals surface area contributed by atoms with Crippen LogP contribution >= 0.6 is 0 Å². The lowest BCUT2D eigenvalue weighted by Gasteiger charge is -2.21. The largest absolute Gasteiger partial charge is 0.465 e. The number of benzene rings is 1. The first-order chi connectivity index (χ1) is 9.15. The van der Waals surface area contributed by atoms with Crippen molar-refractivity contribution in [2.24, 2.45) is 0 Å². The number of aromatic nitrogens is 1. The van der Waals surface area contributed by atoms with E-state index in [0.29, 0.717) is 13.0 Å². The minimum Gasteiger partial charge on any atom is -0.465 e. The van der Waals surface area contributed by atoms with Gasteiger partial charge in [0.1, 0.15) is 5.82 Å². The quantitative estimate of drug-likeness (QED) is 0.874. The summed E-state index contributed by atoms with van der Waals surface area (Å²) in [6.45, 7) is 0.608. The van der Waals surface area contributed by atoms with E-state index >= 15 is 0 Å². The standard InChI is InChI=1S/C14H15FN2O2/c15-10-3-4-12-9(8-16-13(12)7-10)6-11-2-1-5-17(11)14(18)19/h3-4,7-8,11,16H,1-2,5-6H2,(H,18,19). The summed E-state index contributed by atoms with van der Waals surface area (Å²) in [5, 5.41) is 10.1. The van der Waals surface area contributed by atoms with Crippen LogP contribution in [-0.2, 0) is 6.42 Å². The van der Waals surface area contributed by atoms with Gasteiger partial charge in [-0.1, -0.05) is 0 Å². The van der Waals surface area contributed by atoms with E-state index in [1.165, 1.54) is 17.0 Å². The van der Waals surface area contributed by atoms with Gasteiger partial charge < -0.3 is 15.0 Å². The number of carbonyl (C=O) groups is 1. The second-order valence-corrected chi connectivity index (χ2v) is 4.98. The van der Waals surface area contributed by atoms with Crippen molar-refractivity contribution >= 4 is 17.0 Å². The Hall–Kier alpha value is -2.04. The van der Waals surface area contributed by atoms with Gasteiger partial charge >= 0.3 is 6.09 Å². The van der Waals surface area contributed by atoms with E-state index in [4.69, 9.17) is 5.11 Å². The molecule has 2 aromatic rings. The topological polar surface area (TPSA) is 56.3 Å². The number of carboxylic acid groups (broad SMARTS) is 1. The maximum absolute atomic E-state index is 13.1. The fourth-order valence-corrected chi connectivity index (χ4v) is 2.88. The summed E-state index contributed by atoms with van der Waals surface area (Å²) in [7, 11) is 0. The molecule has 1 saturated heterocycles. The average molecular weight is 262 g/mol. The lowest BCUT2D eigenvalue weighted by Crippen LogP contribution is -2.35. The first kappa shape index (κ1) is 12.0. The number of nitrogens with zero attached hydrogens (tertiary/aromatic N) is 1. The summed E-state index contributed by atoms with van der Waals surface area (Å²) in [4.78, 5) is 15.7. The van der Waals surface area contributed by atoms with Gasteiger partial charge in [-0.2, -0.15) is 0 Å². The Morgan fingerprint density at radius 1 is 1.53 bits per heavy atom. The highest BCUT2D eigenvalue weighted by Gasteiger charge is 2.28. The molecule has 100 valence electrons. The van der Waals surface area contributed by atoms with Crippen molar-refractivity contribution in [2.75, 3.05) is 6.54 Å². The van der Waals surface area contributed by atoms with Gasteiger partial charge in [0, 0.05) is 29.7 Å². The number of halogens is 1. The molecule has 3 rings (SSSR count). The van der Waals surface area contributed by atoms with Crippen LogP contribution in [0.15, 0.2) is 24.4 Å². The summed E-state index contributed by atoms with van der Waals surface area (Å²) >= 11 is 0. The van der Waals surface area contributed by atoms with Crippen LogP contribution in [0.2, 0.25) is 0 Å². The lowest BCUT2D eigenvalue weighted by atomic mass is 10.0. The molecule has 0 radical (unpaired) electrons. The number of likely N-dealkylation sites (tertiary alicyclic amines) is 1. The SMILES string of the molecule is O=C(O)N1CCCC1Cc1c[nH]c2cc(F)ccc12. The molecule has 1 unspecified atom stereocenters. The molecule has 4 nitrogen and oxygen atoms in total. The van der Waals surface area contributed by atoms with E-state index in [0.717, 1.165) is 29.3 Å². The molecule has 0 saturated carbocycles. The second kappa shape index (κ2) is 4.57. The van der Waals surface area contributed by atoms with Crippen molar-refractivity contribution in [3.63, 3.8) is 0 Å². The molecule has 1 amide bonds. The smallest absolute Gasteiger partial charge is 0.407 e. The van der Waals surface area contributed by atoms with Crippen molar-refractivity contribution in [1.82, 2.24) is 9.88 Å². The highest BCUT2D eigenvalue weighted by Crippen LogP contribution is 2.26. The van der Waals surface area contributed by atoms with E-state index < -0.39 is 6.09 Å². The molecule has 1 aliphatic rings. The molecule has 1 atom stereocenters. The molecule has 1 aliphatic heterocycles. The van der Waals surface area contributed by atoms with Crippen LogP contribution in [-0.4, -0.2) is 33.7 Å². The maximum Gasteiger partial charge on any atom is 0.407 e. The first-order valence-corrected chi connectivity index (χ1v) is 6.40. The summed E-state index contributed by atoms with van der Waals surface area (Å²) in [5.41, 5.74) is 1.81. The number of hydrogen-bond acceptors (Lipinski definition) is 1. The van der Waals surface area contributed by atoms with Crippen molar-refractivity contribution in [1.29, 1.82) is 0 Å². The molecule has 0 spiro atoms. The molecule has 19 heavy (non-hydrogen) atoms. The molecule has 5 heteroatoms. The Kier molecular flexibility index (Phi) is 2.89.